The van der Waals surface area contributed by atoms with Crippen LogP contribution in [0.1, 0.15) is 25.7 Å². The van der Waals surface area contributed by atoms with E-state index >= 15 is 0 Å². The summed E-state index contributed by atoms with van der Waals surface area (Å²) in [4.78, 5) is 13.8. The zero-order valence-corrected chi connectivity index (χ0v) is 12.9. The Bertz CT molecular complexity index is 669. The van der Waals surface area contributed by atoms with E-state index in [9.17, 15) is 4.79 Å². The van der Waals surface area contributed by atoms with Crippen LogP contribution in [0.2, 0.25) is 0 Å². The van der Waals surface area contributed by atoms with Crippen LogP contribution < -0.4 is 4.74 Å². The second kappa shape index (κ2) is 8.60. The highest BCUT2D eigenvalue weighted by molar-refractivity contribution is 5.67. The molecule has 0 aliphatic heterocycles. The van der Waals surface area contributed by atoms with Crippen molar-refractivity contribution in [3.8, 4) is 16.9 Å². The summed E-state index contributed by atoms with van der Waals surface area (Å²) in [5, 5.41) is 8.55. The third-order valence-corrected chi connectivity index (χ3v) is 3.49. The maximum atomic E-state index is 10.4. The molecule has 0 amide bonds. The van der Waals surface area contributed by atoms with Crippen LogP contribution in [0.5, 0.6) is 5.75 Å². The number of nitrogens with zero attached hydrogens (tertiary/aromatic N) is 1. The second-order valence-electron chi connectivity index (χ2n) is 5.24. The molecule has 0 aliphatic rings. The quantitative estimate of drug-likeness (QED) is 0.555. The van der Waals surface area contributed by atoms with Gasteiger partial charge < -0.3 is 9.84 Å². The smallest absolute Gasteiger partial charge is 0.303 e. The molecule has 23 heavy (non-hydrogen) atoms. The van der Waals surface area contributed by atoms with Crippen molar-refractivity contribution >= 4 is 11.7 Å². The van der Waals surface area contributed by atoms with Crippen LogP contribution in [-0.2, 0) is 4.79 Å². The first kappa shape index (κ1) is 16.6. The molecule has 0 spiro atoms. The zero-order chi connectivity index (χ0) is 16.5. The highest BCUT2D eigenvalue weighted by atomic mass is 16.5. The first-order valence-electron chi connectivity index (χ1n) is 7.61. The van der Waals surface area contributed by atoms with Gasteiger partial charge in [-0.2, -0.15) is 0 Å². The summed E-state index contributed by atoms with van der Waals surface area (Å²) >= 11 is 0. The molecule has 2 aromatic rings. The van der Waals surface area contributed by atoms with Crippen molar-refractivity contribution in [2.75, 3.05) is 6.61 Å². The Balaban J connectivity index is 1.80. The molecular weight excluding hydrogens is 290 g/mol. The molecule has 0 unspecified atom stereocenters. The van der Waals surface area contributed by atoms with Crippen LogP contribution in [-0.4, -0.2) is 17.7 Å². The van der Waals surface area contributed by atoms with E-state index < -0.39 is 5.97 Å². The Kier molecular flexibility index (Phi) is 6.19. The maximum Gasteiger partial charge on any atom is 0.303 e. The Morgan fingerprint density at radius 1 is 0.957 bits per heavy atom. The van der Waals surface area contributed by atoms with Gasteiger partial charge in [0.1, 0.15) is 5.75 Å². The van der Waals surface area contributed by atoms with Crippen molar-refractivity contribution in [3.05, 3.63) is 59.9 Å². The Morgan fingerprint density at radius 3 is 2.13 bits per heavy atom. The van der Waals surface area contributed by atoms with E-state index in [1.54, 1.807) is 0 Å². The van der Waals surface area contributed by atoms with Gasteiger partial charge in [0.25, 0.3) is 0 Å². The van der Waals surface area contributed by atoms with E-state index in [-0.39, 0.29) is 6.42 Å². The highest BCUT2D eigenvalue weighted by Gasteiger charge is 2.00. The number of benzene rings is 2. The number of carbonyl (C=O) groups is 1. The fraction of sp³-hybridized carbons (Fsp3) is 0.263. The van der Waals surface area contributed by atoms with Crippen LogP contribution >= 0.6 is 0 Å². The van der Waals surface area contributed by atoms with E-state index in [1.807, 2.05) is 48.5 Å². The van der Waals surface area contributed by atoms with Gasteiger partial charge in [-0.15, -0.1) is 0 Å². The lowest BCUT2D eigenvalue weighted by atomic mass is 10.1. The molecular formula is C19H19NO3. The molecule has 0 fully saturated rings. The summed E-state index contributed by atoms with van der Waals surface area (Å²) in [6.45, 7) is 7.55. The van der Waals surface area contributed by atoms with Gasteiger partial charge in [0.2, 0.25) is 0 Å². The van der Waals surface area contributed by atoms with Gasteiger partial charge in [-0.05, 0) is 42.5 Å². The molecule has 1 N–H and O–H groups in total. The molecule has 0 atom stereocenters. The van der Waals surface area contributed by atoms with Crippen LogP contribution in [0.3, 0.4) is 0 Å². The summed E-state index contributed by atoms with van der Waals surface area (Å²) in [6, 6.07) is 15.3. The first-order chi connectivity index (χ1) is 11.2. The second-order valence-corrected chi connectivity index (χ2v) is 5.24. The van der Waals surface area contributed by atoms with Gasteiger partial charge >= 0.3 is 5.97 Å². The summed E-state index contributed by atoms with van der Waals surface area (Å²) < 4.78 is 5.65. The lowest BCUT2D eigenvalue weighted by molar-refractivity contribution is -0.137. The lowest BCUT2D eigenvalue weighted by Gasteiger charge is -2.07. The minimum Gasteiger partial charge on any atom is -0.494 e. The minimum atomic E-state index is -0.745. The molecule has 4 nitrogen and oxygen atoms in total. The van der Waals surface area contributed by atoms with Gasteiger partial charge in [-0.1, -0.05) is 36.4 Å². The average molecular weight is 309 g/mol. The number of carboxylic acid groups (broad SMARTS) is 1. The van der Waals surface area contributed by atoms with Crippen LogP contribution in [0.15, 0.2) is 48.5 Å². The van der Waals surface area contributed by atoms with E-state index in [0.717, 1.165) is 29.7 Å². The molecule has 2 aromatic carbocycles. The van der Waals surface area contributed by atoms with Crippen LogP contribution in [0.25, 0.3) is 16.0 Å². The predicted molar refractivity (Wildman–Crippen MR) is 89.7 cm³/mol. The van der Waals surface area contributed by atoms with E-state index in [1.165, 1.54) is 0 Å². The standard InChI is InChI=1S/C19H19NO3/c1-20-17-10-6-15(7-11-17)16-8-12-18(13-9-16)23-14-4-2-3-5-19(21)22/h6-13H,2-5,14H2,(H,21,22). The highest BCUT2D eigenvalue weighted by Crippen LogP contribution is 2.24. The molecule has 118 valence electrons. The summed E-state index contributed by atoms with van der Waals surface area (Å²) in [7, 11) is 0. The molecule has 0 saturated heterocycles. The van der Waals surface area contributed by atoms with Gasteiger partial charge in [0.05, 0.1) is 13.2 Å². The van der Waals surface area contributed by atoms with E-state index in [0.29, 0.717) is 18.7 Å². The number of aliphatic carboxylic acids is 1. The molecule has 4 heteroatoms. The van der Waals surface area contributed by atoms with E-state index in [2.05, 4.69) is 4.85 Å². The summed E-state index contributed by atoms with van der Waals surface area (Å²) in [6.07, 6.45) is 2.63. The van der Waals surface area contributed by atoms with E-state index in [4.69, 9.17) is 16.4 Å². The fourth-order valence-electron chi connectivity index (χ4n) is 2.22. The molecule has 0 aromatic heterocycles. The summed E-state index contributed by atoms with van der Waals surface area (Å²) in [5.74, 6) is 0.0655. The number of hydrogen-bond donors (Lipinski definition) is 1. The maximum absolute atomic E-state index is 10.4. The zero-order valence-electron chi connectivity index (χ0n) is 12.9. The van der Waals surface area contributed by atoms with Crippen LogP contribution in [0.4, 0.5) is 5.69 Å². The molecule has 0 heterocycles. The number of unbranched alkanes of at least 4 members (excludes halogenated alkanes) is 2. The van der Waals surface area contributed by atoms with Crippen molar-refractivity contribution < 1.29 is 14.6 Å². The average Bonchev–Trinajstić information content (AvgIpc) is 2.58. The SMILES string of the molecule is [C-]#[N+]c1ccc(-c2ccc(OCCCCCC(=O)O)cc2)cc1. The van der Waals surface area contributed by atoms with Crippen LogP contribution in [0, 0.1) is 6.57 Å². The molecule has 0 bridgehead atoms. The van der Waals surface area contributed by atoms with Crippen molar-refractivity contribution in [1.82, 2.24) is 0 Å². The number of ether oxygens (including phenoxy) is 1. The van der Waals surface area contributed by atoms with Crippen molar-refractivity contribution in [2.45, 2.75) is 25.7 Å². The number of hydrogen-bond acceptors (Lipinski definition) is 2. The number of carboxylic acids is 1. The molecule has 0 saturated carbocycles. The first-order valence-corrected chi connectivity index (χ1v) is 7.61. The largest absolute Gasteiger partial charge is 0.494 e. The normalized spacial score (nSPS) is 10.0. The topological polar surface area (TPSA) is 50.9 Å². The predicted octanol–water partition coefficient (Wildman–Crippen LogP) is 4.93. The van der Waals surface area contributed by atoms with Gasteiger partial charge in [-0.25, -0.2) is 4.85 Å². The third kappa shape index (κ3) is 5.48. The Hall–Kier alpha value is -2.80. The van der Waals surface area contributed by atoms with Gasteiger partial charge in [0.15, 0.2) is 5.69 Å². The summed E-state index contributed by atoms with van der Waals surface area (Å²) in [5.41, 5.74) is 2.78. The Morgan fingerprint density at radius 2 is 1.57 bits per heavy atom. The number of rotatable bonds is 8. The van der Waals surface area contributed by atoms with Gasteiger partial charge in [0, 0.05) is 6.42 Å². The fourth-order valence-corrected chi connectivity index (χ4v) is 2.22. The van der Waals surface area contributed by atoms with Crippen molar-refractivity contribution in [2.24, 2.45) is 0 Å². The monoisotopic (exact) mass is 309 g/mol. The molecule has 0 radical (unpaired) electrons. The van der Waals surface area contributed by atoms with Gasteiger partial charge in [-0.3, -0.25) is 4.79 Å². The Labute approximate surface area is 136 Å². The van der Waals surface area contributed by atoms with Crippen molar-refractivity contribution in [1.29, 1.82) is 0 Å². The lowest BCUT2D eigenvalue weighted by Crippen LogP contribution is -1.99. The minimum absolute atomic E-state index is 0.223. The molecule has 0 aliphatic carbocycles. The van der Waals surface area contributed by atoms with Crippen molar-refractivity contribution in [3.63, 3.8) is 0 Å². The molecule has 2 rings (SSSR count). The third-order valence-electron chi connectivity index (χ3n) is 3.49.